The quantitative estimate of drug-likeness (QED) is 0.313. The van der Waals surface area contributed by atoms with Crippen molar-refractivity contribution in [2.75, 3.05) is 11.9 Å². The van der Waals surface area contributed by atoms with Gasteiger partial charge in [0.2, 0.25) is 0 Å². The number of esters is 1. The number of nitro benzene ring substituents is 1. The van der Waals surface area contributed by atoms with Gasteiger partial charge in [0.25, 0.3) is 11.6 Å². The number of fused-ring (bicyclic) bond motifs is 1. The second-order valence-electron chi connectivity index (χ2n) is 7.72. The topological polar surface area (TPSA) is 129 Å². The van der Waals surface area contributed by atoms with Crippen LogP contribution in [0.5, 0.6) is 0 Å². The summed E-state index contributed by atoms with van der Waals surface area (Å²) in [4.78, 5) is 40.0. The van der Waals surface area contributed by atoms with Crippen molar-refractivity contribution in [1.29, 1.82) is 0 Å². The molecule has 0 saturated heterocycles. The second-order valence-corrected chi connectivity index (χ2v) is 8.12. The van der Waals surface area contributed by atoms with Crippen LogP contribution in [0.15, 0.2) is 30.5 Å². The van der Waals surface area contributed by atoms with Gasteiger partial charge in [-0.2, -0.15) is 5.10 Å². The van der Waals surface area contributed by atoms with E-state index in [9.17, 15) is 19.7 Å². The monoisotopic (exact) mass is 459 g/mol. The largest absolute Gasteiger partial charge is 0.452 e. The van der Waals surface area contributed by atoms with E-state index in [0.29, 0.717) is 16.7 Å². The van der Waals surface area contributed by atoms with Crippen molar-refractivity contribution in [2.24, 2.45) is 0 Å². The summed E-state index contributed by atoms with van der Waals surface area (Å²) in [7, 11) is 0. The Kier molecular flexibility index (Phi) is 6.73. The van der Waals surface area contributed by atoms with Crippen molar-refractivity contribution in [3.63, 3.8) is 0 Å². The standard InChI is InChI=1S/C21H22ClN5O5/c1-11(2)17-8-14(15-9-23-26(12(3)4)20(15)25-17)21(29)32-10-19(28)24-13-5-6-16(22)18(7-13)27(30)31/h5-9,11-12H,10H2,1-4H3,(H,24,28). The van der Waals surface area contributed by atoms with Crippen molar-refractivity contribution < 1.29 is 19.2 Å². The van der Waals surface area contributed by atoms with Gasteiger partial charge in [-0.25, -0.2) is 14.5 Å². The zero-order valence-electron chi connectivity index (χ0n) is 18.0. The molecule has 0 atom stereocenters. The van der Waals surface area contributed by atoms with Crippen molar-refractivity contribution in [1.82, 2.24) is 14.8 Å². The predicted octanol–water partition coefficient (Wildman–Crippen LogP) is 4.49. The molecule has 0 saturated carbocycles. The molecule has 1 aromatic carbocycles. The number of halogens is 1. The summed E-state index contributed by atoms with van der Waals surface area (Å²) in [5, 5.41) is 18.2. The van der Waals surface area contributed by atoms with Crippen LogP contribution < -0.4 is 5.32 Å². The van der Waals surface area contributed by atoms with Gasteiger partial charge in [-0.3, -0.25) is 14.9 Å². The lowest BCUT2D eigenvalue weighted by Crippen LogP contribution is -2.21. The van der Waals surface area contributed by atoms with Gasteiger partial charge in [0.15, 0.2) is 12.3 Å². The first kappa shape index (κ1) is 23.1. The first-order valence-electron chi connectivity index (χ1n) is 9.87. The van der Waals surface area contributed by atoms with Crippen molar-refractivity contribution in [2.45, 2.75) is 39.7 Å². The molecule has 0 aliphatic carbocycles. The van der Waals surface area contributed by atoms with Gasteiger partial charge in [-0.1, -0.05) is 25.4 Å². The Morgan fingerprint density at radius 3 is 2.59 bits per heavy atom. The summed E-state index contributed by atoms with van der Waals surface area (Å²) in [6, 6.07) is 5.53. The van der Waals surface area contributed by atoms with Crippen LogP contribution in [0, 0.1) is 10.1 Å². The van der Waals surface area contributed by atoms with E-state index in [1.54, 1.807) is 16.9 Å². The zero-order chi connectivity index (χ0) is 23.6. The fourth-order valence-corrected chi connectivity index (χ4v) is 3.20. The van der Waals surface area contributed by atoms with Gasteiger partial charge < -0.3 is 10.1 Å². The van der Waals surface area contributed by atoms with E-state index in [1.165, 1.54) is 12.1 Å². The number of hydrogen-bond acceptors (Lipinski definition) is 7. The van der Waals surface area contributed by atoms with Crippen LogP contribution in [0.1, 0.15) is 55.7 Å². The number of carbonyl (C=O) groups is 2. The van der Waals surface area contributed by atoms with Crippen molar-refractivity contribution in [3.8, 4) is 0 Å². The number of nitro groups is 1. The van der Waals surface area contributed by atoms with E-state index in [2.05, 4.69) is 15.4 Å². The average Bonchev–Trinajstić information content (AvgIpc) is 3.16. The van der Waals surface area contributed by atoms with Crippen LogP contribution in [0.3, 0.4) is 0 Å². The fraction of sp³-hybridized carbons (Fsp3) is 0.333. The van der Waals surface area contributed by atoms with Gasteiger partial charge in [0.1, 0.15) is 5.02 Å². The van der Waals surface area contributed by atoms with Gasteiger partial charge >= 0.3 is 5.97 Å². The Bertz CT molecular complexity index is 1200. The number of hydrogen-bond donors (Lipinski definition) is 1. The number of nitrogens with one attached hydrogen (secondary N) is 1. The molecule has 1 N–H and O–H groups in total. The molecule has 0 aliphatic rings. The summed E-state index contributed by atoms with van der Waals surface area (Å²) in [5.41, 5.74) is 1.35. The molecule has 2 heterocycles. The number of aromatic nitrogens is 3. The van der Waals surface area contributed by atoms with E-state index in [1.807, 2.05) is 27.7 Å². The minimum Gasteiger partial charge on any atom is -0.452 e. The van der Waals surface area contributed by atoms with Gasteiger partial charge in [-0.15, -0.1) is 0 Å². The number of carbonyl (C=O) groups excluding carboxylic acids is 2. The molecule has 3 aromatic rings. The Morgan fingerprint density at radius 2 is 1.97 bits per heavy atom. The van der Waals surface area contributed by atoms with Gasteiger partial charge in [0.05, 0.1) is 22.1 Å². The molecule has 10 nitrogen and oxygen atoms in total. The van der Waals surface area contributed by atoms with E-state index in [0.717, 1.165) is 6.07 Å². The first-order valence-corrected chi connectivity index (χ1v) is 10.2. The Labute approximate surface area is 188 Å². The summed E-state index contributed by atoms with van der Waals surface area (Å²) in [5.74, 6) is -1.28. The summed E-state index contributed by atoms with van der Waals surface area (Å²) >= 11 is 5.77. The molecule has 168 valence electrons. The molecule has 0 spiro atoms. The van der Waals surface area contributed by atoms with Crippen LogP contribution in [-0.2, 0) is 9.53 Å². The zero-order valence-corrected chi connectivity index (χ0v) is 18.7. The minimum atomic E-state index is -0.695. The highest BCUT2D eigenvalue weighted by Crippen LogP contribution is 2.28. The summed E-state index contributed by atoms with van der Waals surface area (Å²) < 4.78 is 6.92. The highest BCUT2D eigenvalue weighted by Gasteiger charge is 2.21. The van der Waals surface area contributed by atoms with Crippen LogP contribution in [0.2, 0.25) is 5.02 Å². The van der Waals surface area contributed by atoms with Crippen LogP contribution in [0.4, 0.5) is 11.4 Å². The van der Waals surface area contributed by atoms with Crippen LogP contribution in [0.25, 0.3) is 11.0 Å². The Balaban J connectivity index is 1.78. The molecule has 0 radical (unpaired) electrons. The number of nitrogens with zero attached hydrogens (tertiary/aromatic N) is 4. The van der Waals surface area contributed by atoms with Gasteiger partial charge in [0, 0.05) is 23.5 Å². The van der Waals surface area contributed by atoms with Crippen LogP contribution in [-0.4, -0.2) is 38.2 Å². The maximum Gasteiger partial charge on any atom is 0.339 e. The lowest BCUT2D eigenvalue weighted by Gasteiger charge is -2.12. The Hall–Kier alpha value is -3.53. The maximum absolute atomic E-state index is 12.8. The van der Waals surface area contributed by atoms with E-state index < -0.39 is 23.4 Å². The molecule has 0 bridgehead atoms. The molecule has 3 rings (SSSR count). The number of amides is 1. The number of anilines is 1. The summed E-state index contributed by atoms with van der Waals surface area (Å²) in [6.45, 7) is 7.25. The first-order chi connectivity index (χ1) is 15.1. The predicted molar refractivity (Wildman–Crippen MR) is 119 cm³/mol. The third-order valence-electron chi connectivity index (χ3n) is 4.65. The molecule has 2 aromatic heterocycles. The average molecular weight is 460 g/mol. The lowest BCUT2D eigenvalue weighted by atomic mass is 10.1. The van der Waals surface area contributed by atoms with E-state index in [4.69, 9.17) is 16.3 Å². The fourth-order valence-electron chi connectivity index (χ4n) is 3.02. The SMILES string of the molecule is CC(C)c1cc(C(=O)OCC(=O)Nc2ccc(Cl)c([N+](=O)[O-])c2)c2cnn(C(C)C)c2n1. The minimum absolute atomic E-state index is 0.0421. The smallest absolute Gasteiger partial charge is 0.339 e. The lowest BCUT2D eigenvalue weighted by molar-refractivity contribution is -0.384. The molecule has 0 unspecified atom stereocenters. The molecule has 11 heteroatoms. The summed E-state index contributed by atoms with van der Waals surface area (Å²) in [6.07, 6.45) is 1.55. The van der Waals surface area contributed by atoms with E-state index in [-0.39, 0.29) is 33.9 Å². The number of pyridine rings is 1. The molecular formula is C21H22ClN5O5. The molecule has 0 aliphatic heterocycles. The maximum atomic E-state index is 12.8. The second kappa shape index (κ2) is 9.31. The molecule has 32 heavy (non-hydrogen) atoms. The number of benzene rings is 1. The third kappa shape index (κ3) is 4.86. The Morgan fingerprint density at radius 1 is 1.25 bits per heavy atom. The highest BCUT2D eigenvalue weighted by atomic mass is 35.5. The van der Waals surface area contributed by atoms with Crippen LogP contribution >= 0.6 is 11.6 Å². The normalized spacial score (nSPS) is 11.2. The van der Waals surface area contributed by atoms with Crippen molar-refractivity contribution >= 4 is 45.9 Å². The van der Waals surface area contributed by atoms with Gasteiger partial charge in [-0.05, 0) is 38.0 Å². The third-order valence-corrected chi connectivity index (χ3v) is 4.97. The van der Waals surface area contributed by atoms with E-state index >= 15 is 0 Å². The number of ether oxygens (including phenoxy) is 1. The molecule has 0 fully saturated rings. The molecule has 1 amide bonds. The van der Waals surface area contributed by atoms with Crippen molar-refractivity contribution in [3.05, 3.63) is 56.9 Å². The number of rotatable bonds is 7. The molecular weight excluding hydrogens is 438 g/mol. The highest BCUT2D eigenvalue weighted by molar-refractivity contribution is 6.32.